The largest absolute Gasteiger partial charge is 0.295 e. The number of benzene rings is 2. The van der Waals surface area contributed by atoms with Crippen molar-refractivity contribution >= 4 is 25.8 Å². The first-order valence-corrected chi connectivity index (χ1v) is 10.4. The van der Waals surface area contributed by atoms with Crippen molar-refractivity contribution in [3.8, 4) is 0 Å². The van der Waals surface area contributed by atoms with Crippen molar-refractivity contribution in [2.75, 3.05) is 11.1 Å². The summed E-state index contributed by atoms with van der Waals surface area (Å²) in [5.41, 5.74) is 6.44. The molecule has 2 aromatic carbocycles. The lowest BCUT2D eigenvalue weighted by Gasteiger charge is -2.24. The van der Waals surface area contributed by atoms with Gasteiger partial charge >= 0.3 is 0 Å². The molecular weight excluding hydrogens is 323 g/mol. The smallest absolute Gasteiger partial charge is 0.137 e. The average molecular weight is 346 g/mol. The lowest BCUT2D eigenvalue weighted by molar-refractivity contribution is 1.08. The minimum absolute atomic E-state index is 0.967. The monoisotopic (exact) mass is 346 g/mol. The molecule has 7 rings (SSSR count). The maximum Gasteiger partial charge on any atom is 0.137 e. The molecule has 0 saturated carbocycles. The van der Waals surface area contributed by atoms with Crippen molar-refractivity contribution in [1.29, 1.82) is 0 Å². The Balaban J connectivity index is 1.82. The molecule has 3 heteroatoms. The quantitative estimate of drug-likeness (QED) is 0.541. The van der Waals surface area contributed by atoms with Crippen molar-refractivity contribution in [3.63, 3.8) is 0 Å². The third-order valence-corrected chi connectivity index (χ3v) is 6.02. The second-order valence-corrected chi connectivity index (χ2v) is 7.83. The molecule has 2 nitrogen and oxygen atoms in total. The molecule has 0 spiro atoms. The summed E-state index contributed by atoms with van der Waals surface area (Å²) in [6.45, 7) is 2.16. The molecule has 0 amide bonds. The predicted molar refractivity (Wildman–Crippen MR) is 109 cm³/mol. The van der Waals surface area contributed by atoms with E-state index in [1.165, 1.54) is 35.4 Å². The van der Waals surface area contributed by atoms with Crippen molar-refractivity contribution < 1.29 is 0 Å². The van der Waals surface area contributed by atoms with Gasteiger partial charge in [0.1, 0.15) is 5.82 Å². The van der Waals surface area contributed by atoms with E-state index in [4.69, 9.17) is 4.98 Å². The second-order valence-electron chi connectivity index (χ2n) is 6.47. The third-order valence-electron chi connectivity index (χ3n) is 4.76. The summed E-state index contributed by atoms with van der Waals surface area (Å²) < 4.78 is 0. The van der Waals surface area contributed by atoms with Gasteiger partial charge in [-0.05, 0) is 72.2 Å². The molecule has 0 N–H and O–H groups in total. The van der Waals surface area contributed by atoms with Gasteiger partial charge in [0.2, 0.25) is 0 Å². The molecule has 1 aromatic heterocycles. The molecule has 0 fully saturated rings. The summed E-state index contributed by atoms with van der Waals surface area (Å²) in [5, 5.41) is 0. The topological polar surface area (TPSA) is 16.1 Å². The summed E-state index contributed by atoms with van der Waals surface area (Å²) >= 11 is 0. The molecule has 4 aliphatic heterocycles. The molecule has 3 aromatic rings. The van der Waals surface area contributed by atoms with Gasteiger partial charge in [-0.2, -0.15) is 0 Å². The number of aromatic nitrogens is 1. The van der Waals surface area contributed by atoms with Crippen molar-refractivity contribution in [2.24, 2.45) is 0 Å². The van der Waals surface area contributed by atoms with E-state index in [1.807, 2.05) is 6.20 Å². The maximum absolute atomic E-state index is 4.73. The zero-order valence-corrected chi connectivity index (χ0v) is 15.6. The van der Waals surface area contributed by atoms with Gasteiger partial charge in [0, 0.05) is 17.6 Å². The molecule has 0 aliphatic carbocycles. The Hall–Kier alpha value is -2.18. The fourth-order valence-electron chi connectivity index (χ4n) is 3.21. The van der Waals surface area contributed by atoms with Gasteiger partial charge in [0.05, 0.1) is 0 Å². The number of aryl methyl sites for hydroxylation is 2. The SMILES string of the molecule is CCc1ccc(N2c3ccc(cc3)CCPCc3ccc2cc3)nc1. The van der Waals surface area contributed by atoms with E-state index in [9.17, 15) is 0 Å². The minimum Gasteiger partial charge on any atom is -0.295 e. The molecule has 4 bridgehead atoms. The van der Waals surface area contributed by atoms with Gasteiger partial charge < -0.3 is 0 Å². The van der Waals surface area contributed by atoms with Gasteiger partial charge in [-0.3, -0.25) is 4.90 Å². The molecule has 0 saturated heterocycles. The predicted octanol–water partition coefficient (Wildman–Crippen LogP) is 5.85. The van der Waals surface area contributed by atoms with Crippen LogP contribution in [-0.4, -0.2) is 11.1 Å². The molecule has 1 unspecified atom stereocenters. The highest BCUT2D eigenvalue weighted by atomic mass is 31.1. The minimum atomic E-state index is 0.967. The number of rotatable bonds is 2. The Morgan fingerprint density at radius 1 is 0.880 bits per heavy atom. The number of hydrogen-bond acceptors (Lipinski definition) is 2. The highest BCUT2D eigenvalue weighted by molar-refractivity contribution is 7.37. The number of pyridine rings is 1. The second kappa shape index (κ2) is 7.37. The zero-order valence-electron chi connectivity index (χ0n) is 14.6. The van der Waals surface area contributed by atoms with Crippen molar-refractivity contribution in [2.45, 2.75) is 25.9 Å². The first-order valence-electron chi connectivity index (χ1n) is 8.97. The van der Waals surface area contributed by atoms with Crippen LogP contribution in [0.1, 0.15) is 23.6 Å². The summed E-state index contributed by atoms with van der Waals surface area (Å²) in [6, 6.07) is 22.2. The third kappa shape index (κ3) is 3.60. The van der Waals surface area contributed by atoms with E-state index in [0.717, 1.165) is 32.2 Å². The van der Waals surface area contributed by atoms with Crippen LogP contribution >= 0.6 is 8.58 Å². The van der Waals surface area contributed by atoms with Gasteiger partial charge in [-0.1, -0.05) is 37.3 Å². The van der Waals surface area contributed by atoms with E-state index in [1.54, 1.807) is 0 Å². The first-order chi connectivity index (χ1) is 12.3. The normalized spacial score (nSPS) is 15.0. The Labute approximate surface area is 151 Å². The van der Waals surface area contributed by atoms with Crippen LogP contribution in [0.15, 0.2) is 66.9 Å². The maximum atomic E-state index is 4.73. The molecule has 5 heterocycles. The van der Waals surface area contributed by atoms with Gasteiger partial charge in [-0.25, -0.2) is 4.98 Å². The summed E-state index contributed by atoms with van der Waals surface area (Å²) in [4.78, 5) is 6.97. The molecule has 25 heavy (non-hydrogen) atoms. The molecular formula is C22H23N2P. The molecule has 4 aliphatic rings. The van der Waals surface area contributed by atoms with Crippen LogP contribution in [0.25, 0.3) is 0 Å². The van der Waals surface area contributed by atoms with Crippen LogP contribution in [-0.2, 0) is 19.0 Å². The standard InChI is InChI=1S/C22H23N2P/c1-2-17-7-12-22(23-15-17)24-20-8-3-18(4-9-20)13-14-25-16-19-5-10-21(24)11-6-19/h3-12,15,25H,2,13-14,16H2,1H3. The first kappa shape index (κ1) is 16.3. The Bertz CT molecular complexity index is 774. The molecule has 126 valence electrons. The fourth-order valence-corrected chi connectivity index (χ4v) is 4.38. The van der Waals surface area contributed by atoms with Crippen LogP contribution in [0.5, 0.6) is 0 Å². The highest BCUT2D eigenvalue weighted by Gasteiger charge is 2.14. The highest BCUT2D eigenvalue weighted by Crippen LogP contribution is 2.34. The number of nitrogens with zero attached hydrogens (tertiary/aromatic N) is 2. The van der Waals surface area contributed by atoms with Crippen molar-refractivity contribution in [1.82, 2.24) is 4.98 Å². The van der Waals surface area contributed by atoms with Crippen LogP contribution < -0.4 is 4.90 Å². The van der Waals surface area contributed by atoms with E-state index in [2.05, 4.69) is 72.5 Å². The summed E-state index contributed by atoms with van der Waals surface area (Å²) in [5.74, 6) is 0.967. The van der Waals surface area contributed by atoms with Crippen LogP contribution in [0, 0.1) is 0 Å². The Morgan fingerprint density at radius 3 is 2.16 bits per heavy atom. The van der Waals surface area contributed by atoms with Gasteiger partial charge in [0.25, 0.3) is 0 Å². The van der Waals surface area contributed by atoms with Crippen LogP contribution in [0.2, 0.25) is 0 Å². The van der Waals surface area contributed by atoms with Crippen LogP contribution in [0.3, 0.4) is 0 Å². The Morgan fingerprint density at radius 2 is 1.56 bits per heavy atom. The summed E-state index contributed by atoms with van der Waals surface area (Å²) in [7, 11) is 0.988. The van der Waals surface area contributed by atoms with E-state index >= 15 is 0 Å². The zero-order chi connectivity index (χ0) is 17.1. The molecule has 0 radical (unpaired) electrons. The van der Waals surface area contributed by atoms with E-state index < -0.39 is 0 Å². The average Bonchev–Trinajstić information content (AvgIpc) is 2.72. The fraction of sp³-hybridized carbons (Fsp3) is 0.227. The van der Waals surface area contributed by atoms with E-state index in [-0.39, 0.29) is 0 Å². The Kier molecular flexibility index (Phi) is 4.81. The number of hydrogen-bond donors (Lipinski definition) is 0. The lowest BCUT2D eigenvalue weighted by Crippen LogP contribution is -2.11. The molecule has 1 atom stereocenters. The van der Waals surface area contributed by atoms with Crippen LogP contribution in [0.4, 0.5) is 17.2 Å². The van der Waals surface area contributed by atoms with Gasteiger partial charge in [-0.15, -0.1) is 8.58 Å². The van der Waals surface area contributed by atoms with Crippen molar-refractivity contribution in [3.05, 3.63) is 83.6 Å². The number of anilines is 3. The summed E-state index contributed by atoms with van der Waals surface area (Å²) in [6.07, 6.45) is 6.61. The lowest BCUT2D eigenvalue weighted by atomic mass is 10.1. The van der Waals surface area contributed by atoms with Gasteiger partial charge in [0.15, 0.2) is 0 Å². The van der Waals surface area contributed by atoms with E-state index in [0.29, 0.717) is 0 Å².